The van der Waals surface area contributed by atoms with E-state index < -0.39 is 0 Å². The van der Waals surface area contributed by atoms with Gasteiger partial charge in [0.25, 0.3) is 5.56 Å². The predicted molar refractivity (Wildman–Crippen MR) is 43.4 cm³/mol. The van der Waals surface area contributed by atoms with Gasteiger partial charge in [-0.3, -0.25) is 4.79 Å². The van der Waals surface area contributed by atoms with Crippen LogP contribution in [0.2, 0.25) is 0 Å². The second-order valence-corrected chi connectivity index (χ2v) is 1.89. The van der Waals surface area contributed by atoms with E-state index in [9.17, 15) is 4.79 Å². The molecule has 0 bridgehead atoms. The lowest BCUT2D eigenvalue weighted by atomic mass is 10.7. The van der Waals surface area contributed by atoms with Crippen molar-refractivity contribution in [1.82, 2.24) is 20.4 Å². The largest absolute Gasteiger partial charge is 0.368 e. The molecule has 0 saturated carbocycles. The van der Waals surface area contributed by atoms with Crippen molar-refractivity contribution >= 4 is 0 Å². The molecule has 0 spiro atoms. The van der Waals surface area contributed by atoms with Gasteiger partial charge in [-0.2, -0.15) is 0 Å². The van der Waals surface area contributed by atoms with Crippen LogP contribution in [-0.4, -0.2) is 20.4 Å². The Morgan fingerprint density at radius 3 is 2.25 bits per heavy atom. The fraction of sp³-hybridized carbons (Fsp3) is 0. The molecule has 0 saturated heterocycles. The normalized spacial score (nSPS) is 8.33. The minimum atomic E-state index is -0.227. The fourth-order valence-electron chi connectivity index (χ4n) is 0.528. The topological polar surface area (TPSA) is 74.4 Å². The highest BCUT2D eigenvalue weighted by Gasteiger charge is 1.71. The van der Waals surface area contributed by atoms with E-state index in [0.717, 1.165) is 0 Å². The molecule has 0 fully saturated rings. The summed E-state index contributed by atoms with van der Waals surface area (Å²) in [6.07, 6.45) is 5.08. The van der Waals surface area contributed by atoms with Gasteiger partial charge in [0.1, 0.15) is 0 Å². The number of hydrogen-bond acceptors (Lipinski definition) is 3. The van der Waals surface area contributed by atoms with Crippen molar-refractivity contribution in [2.24, 2.45) is 0 Å². The Hall–Kier alpha value is -1.91. The molecule has 5 heteroatoms. The van der Waals surface area contributed by atoms with Crippen molar-refractivity contribution in [3.05, 3.63) is 47.1 Å². The Morgan fingerprint density at radius 2 is 2.00 bits per heavy atom. The molecular formula is C7H8N4O. The number of hydrogen-bond donors (Lipinski definition) is 2. The molecule has 0 aliphatic heterocycles. The maximum atomic E-state index is 10.1. The zero-order valence-corrected chi connectivity index (χ0v) is 6.27. The maximum absolute atomic E-state index is 10.1. The molecule has 62 valence electrons. The van der Waals surface area contributed by atoms with Gasteiger partial charge in [-0.15, -0.1) is 5.10 Å². The van der Waals surface area contributed by atoms with Gasteiger partial charge in [0.05, 0.1) is 6.20 Å². The minimum Gasteiger partial charge on any atom is -0.368 e. The van der Waals surface area contributed by atoms with E-state index in [1.54, 1.807) is 0 Å². The average molecular weight is 164 g/mol. The number of aromatic nitrogens is 4. The second kappa shape index (κ2) is 4.84. The number of rotatable bonds is 0. The summed E-state index contributed by atoms with van der Waals surface area (Å²) in [6, 6.07) is 5.19. The summed E-state index contributed by atoms with van der Waals surface area (Å²) in [5.74, 6) is 0. The van der Waals surface area contributed by atoms with Crippen molar-refractivity contribution < 1.29 is 0 Å². The molecule has 0 atom stereocenters. The van der Waals surface area contributed by atoms with Crippen LogP contribution >= 0.6 is 0 Å². The van der Waals surface area contributed by atoms with Crippen LogP contribution in [0.4, 0.5) is 0 Å². The zero-order chi connectivity index (χ0) is 8.65. The summed E-state index contributed by atoms with van der Waals surface area (Å²) >= 11 is 0. The van der Waals surface area contributed by atoms with Crippen molar-refractivity contribution in [1.29, 1.82) is 0 Å². The standard InChI is InChI=1S/C4H5N.C3H3N3O/c1-2-4-5-3-1;7-3-1-2-4-6-5-3/h1-5H;1-2H,(H,4,5,7). The first-order valence-corrected chi connectivity index (χ1v) is 3.34. The van der Waals surface area contributed by atoms with E-state index in [1.165, 1.54) is 12.3 Å². The molecule has 0 amide bonds. The molecule has 0 radical (unpaired) electrons. The highest BCUT2D eigenvalue weighted by atomic mass is 16.1. The van der Waals surface area contributed by atoms with Gasteiger partial charge in [-0.25, -0.2) is 5.10 Å². The first kappa shape index (κ1) is 8.19. The van der Waals surface area contributed by atoms with Crippen LogP contribution in [0.3, 0.4) is 0 Å². The van der Waals surface area contributed by atoms with Gasteiger partial charge >= 0.3 is 0 Å². The van der Waals surface area contributed by atoms with Crippen LogP contribution in [-0.2, 0) is 0 Å². The molecule has 0 aliphatic rings. The van der Waals surface area contributed by atoms with Gasteiger partial charge in [0.15, 0.2) is 0 Å². The molecule has 2 aromatic heterocycles. The average Bonchev–Trinajstić information content (AvgIpc) is 2.62. The lowest BCUT2D eigenvalue weighted by molar-refractivity contribution is 0.840. The van der Waals surface area contributed by atoms with E-state index in [1.807, 2.05) is 24.5 Å². The van der Waals surface area contributed by atoms with Crippen LogP contribution in [0, 0.1) is 0 Å². The van der Waals surface area contributed by atoms with E-state index in [-0.39, 0.29) is 5.56 Å². The van der Waals surface area contributed by atoms with Gasteiger partial charge < -0.3 is 4.98 Å². The maximum Gasteiger partial charge on any atom is 0.267 e. The monoisotopic (exact) mass is 164 g/mol. The summed E-state index contributed by atoms with van der Waals surface area (Å²) < 4.78 is 0. The first-order chi connectivity index (χ1) is 5.89. The van der Waals surface area contributed by atoms with E-state index >= 15 is 0 Å². The number of nitrogens with one attached hydrogen (secondary N) is 2. The molecule has 2 N–H and O–H groups in total. The third-order valence-corrected chi connectivity index (χ3v) is 1.01. The Kier molecular flexibility index (Phi) is 3.30. The number of nitrogens with zero attached hydrogens (tertiary/aromatic N) is 2. The Bertz CT molecular complexity index is 306. The third-order valence-electron chi connectivity index (χ3n) is 1.01. The van der Waals surface area contributed by atoms with E-state index in [4.69, 9.17) is 0 Å². The minimum absolute atomic E-state index is 0.227. The molecule has 0 aliphatic carbocycles. The Labute approximate surface area is 68.5 Å². The SMILES string of the molecule is O=c1ccnn[nH]1.c1cc[nH]c1. The smallest absolute Gasteiger partial charge is 0.267 e. The van der Waals surface area contributed by atoms with Crippen LogP contribution in [0.5, 0.6) is 0 Å². The molecule has 12 heavy (non-hydrogen) atoms. The molecule has 2 rings (SSSR count). The third kappa shape index (κ3) is 3.31. The molecule has 5 nitrogen and oxygen atoms in total. The summed E-state index contributed by atoms with van der Waals surface area (Å²) in [4.78, 5) is 13.0. The second-order valence-electron chi connectivity index (χ2n) is 1.89. The van der Waals surface area contributed by atoms with Gasteiger partial charge in [0.2, 0.25) is 0 Å². The Morgan fingerprint density at radius 1 is 1.25 bits per heavy atom. The van der Waals surface area contributed by atoms with Crippen molar-refractivity contribution in [3.63, 3.8) is 0 Å². The summed E-state index contributed by atoms with van der Waals surface area (Å²) in [7, 11) is 0. The van der Waals surface area contributed by atoms with E-state index in [0.29, 0.717) is 0 Å². The van der Waals surface area contributed by atoms with Crippen molar-refractivity contribution in [2.75, 3.05) is 0 Å². The van der Waals surface area contributed by atoms with Gasteiger partial charge in [-0.1, -0.05) is 5.21 Å². The van der Waals surface area contributed by atoms with E-state index in [2.05, 4.69) is 20.4 Å². The van der Waals surface area contributed by atoms with Crippen LogP contribution < -0.4 is 5.56 Å². The Balaban J connectivity index is 0.000000127. The highest BCUT2D eigenvalue weighted by molar-refractivity contribution is 4.84. The lowest BCUT2D eigenvalue weighted by Crippen LogP contribution is -2.05. The van der Waals surface area contributed by atoms with Crippen molar-refractivity contribution in [3.8, 4) is 0 Å². The number of aromatic amines is 2. The van der Waals surface area contributed by atoms with Crippen molar-refractivity contribution in [2.45, 2.75) is 0 Å². The first-order valence-electron chi connectivity index (χ1n) is 3.34. The summed E-state index contributed by atoms with van der Waals surface area (Å²) in [5, 5.41) is 8.65. The van der Waals surface area contributed by atoms with Crippen LogP contribution in [0.25, 0.3) is 0 Å². The molecule has 0 aromatic carbocycles. The zero-order valence-electron chi connectivity index (χ0n) is 6.27. The summed E-state index contributed by atoms with van der Waals surface area (Å²) in [5.41, 5.74) is -0.227. The van der Waals surface area contributed by atoms with Crippen LogP contribution in [0.1, 0.15) is 0 Å². The predicted octanol–water partition coefficient (Wildman–Crippen LogP) is 0.180. The number of H-pyrrole nitrogens is 2. The fourth-order valence-corrected chi connectivity index (χ4v) is 0.528. The molecular weight excluding hydrogens is 156 g/mol. The summed E-state index contributed by atoms with van der Waals surface area (Å²) in [6.45, 7) is 0. The van der Waals surface area contributed by atoms with Gasteiger partial charge in [0, 0.05) is 18.5 Å². The van der Waals surface area contributed by atoms with Gasteiger partial charge in [-0.05, 0) is 12.1 Å². The molecule has 2 heterocycles. The van der Waals surface area contributed by atoms with Crippen LogP contribution in [0.15, 0.2) is 41.6 Å². The molecule has 2 aromatic rings. The quantitative estimate of drug-likeness (QED) is 0.583. The molecule has 0 unspecified atom stereocenters. The lowest BCUT2D eigenvalue weighted by Gasteiger charge is -1.71. The highest BCUT2D eigenvalue weighted by Crippen LogP contribution is 1.72.